The van der Waals surface area contributed by atoms with Gasteiger partial charge >= 0.3 is 0 Å². The number of nitriles is 1. The lowest BCUT2D eigenvalue weighted by atomic mass is 9.97. The Morgan fingerprint density at radius 1 is 1.62 bits per heavy atom. The molecule has 1 saturated heterocycles. The van der Waals surface area contributed by atoms with E-state index in [4.69, 9.17) is 16.1 Å². The number of likely N-dealkylation sites (tertiary alicyclic amines) is 1. The van der Waals surface area contributed by atoms with Crippen molar-refractivity contribution in [3.05, 3.63) is 11.8 Å². The van der Waals surface area contributed by atoms with Gasteiger partial charge in [0.25, 0.3) is 0 Å². The van der Waals surface area contributed by atoms with E-state index in [1.807, 2.05) is 18.0 Å². The second-order valence-electron chi connectivity index (χ2n) is 5.49. The number of aliphatic hydroxyl groups is 1. The Balaban J connectivity index is 1.96. The second-order valence-corrected chi connectivity index (χ2v) is 5.49. The zero-order valence-electron chi connectivity index (χ0n) is 12.4. The summed E-state index contributed by atoms with van der Waals surface area (Å²) in [4.78, 5) is 12.6. The molecule has 1 aromatic rings. The molecule has 0 unspecified atom stereocenters. The van der Waals surface area contributed by atoms with E-state index in [9.17, 15) is 0 Å². The van der Waals surface area contributed by atoms with Crippen LogP contribution in [0.1, 0.15) is 18.4 Å². The normalized spacial score (nSPS) is 19.2. The van der Waals surface area contributed by atoms with E-state index in [1.165, 1.54) is 6.20 Å². The number of hydrogen-bond acceptors (Lipinski definition) is 7. The largest absolute Gasteiger partial charge is 0.395 e. The molecule has 0 saturated carbocycles. The molecule has 0 spiro atoms. The van der Waals surface area contributed by atoms with Crippen molar-refractivity contribution in [1.29, 1.82) is 5.26 Å². The third kappa shape index (κ3) is 4.03. The number of nitrogen functional groups attached to an aromatic ring is 1. The summed E-state index contributed by atoms with van der Waals surface area (Å²) in [5.41, 5.74) is 6.03. The summed E-state index contributed by atoms with van der Waals surface area (Å²) >= 11 is 0. The van der Waals surface area contributed by atoms with Gasteiger partial charge in [-0.15, -0.1) is 0 Å². The summed E-state index contributed by atoms with van der Waals surface area (Å²) in [5.74, 6) is 1.29. The molecule has 3 N–H and O–H groups in total. The van der Waals surface area contributed by atoms with Gasteiger partial charge in [-0.3, -0.25) is 0 Å². The van der Waals surface area contributed by atoms with E-state index in [2.05, 4.69) is 14.9 Å². The van der Waals surface area contributed by atoms with Crippen molar-refractivity contribution in [3.8, 4) is 6.07 Å². The molecule has 0 bridgehead atoms. The Morgan fingerprint density at radius 3 is 3.10 bits per heavy atom. The lowest BCUT2D eigenvalue weighted by Crippen LogP contribution is -2.41. The van der Waals surface area contributed by atoms with Gasteiger partial charge in [0.05, 0.1) is 12.8 Å². The molecule has 1 atom stereocenters. The van der Waals surface area contributed by atoms with Crippen LogP contribution < -0.4 is 10.6 Å². The highest BCUT2D eigenvalue weighted by Gasteiger charge is 2.21. The number of hydrogen-bond donors (Lipinski definition) is 2. The van der Waals surface area contributed by atoms with Crippen molar-refractivity contribution in [2.45, 2.75) is 12.8 Å². The number of aliphatic hydroxyl groups excluding tert-OH is 1. The van der Waals surface area contributed by atoms with Crippen molar-refractivity contribution < 1.29 is 5.11 Å². The Hall–Kier alpha value is -1.91. The van der Waals surface area contributed by atoms with Crippen molar-refractivity contribution in [3.63, 3.8) is 0 Å². The summed E-state index contributed by atoms with van der Waals surface area (Å²) in [6, 6.07) is 1.96. The molecule has 7 heteroatoms. The van der Waals surface area contributed by atoms with Gasteiger partial charge in [-0.2, -0.15) is 10.2 Å². The predicted octanol–water partition coefficient (Wildman–Crippen LogP) is 0.0710. The summed E-state index contributed by atoms with van der Waals surface area (Å²) in [6.45, 7) is 3.82. The van der Waals surface area contributed by atoms with E-state index in [0.29, 0.717) is 17.4 Å². The molecule has 1 aromatic heterocycles. The summed E-state index contributed by atoms with van der Waals surface area (Å²) in [7, 11) is 1.94. The molecule has 114 valence electrons. The SMILES string of the molecule is CN(C[C@@H]1CCCN(CCO)C1)c1ncc(C#N)c(N)n1. The molecule has 0 aromatic carbocycles. The van der Waals surface area contributed by atoms with Gasteiger partial charge in [0.15, 0.2) is 0 Å². The second kappa shape index (κ2) is 7.20. The molecule has 7 nitrogen and oxygen atoms in total. The topological polar surface area (TPSA) is 102 Å². The fourth-order valence-corrected chi connectivity index (χ4v) is 2.77. The van der Waals surface area contributed by atoms with Crippen LogP contribution in [0.2, 0.25) is 0 Å². The van der Waals surface area contributed by atoms with Crippen molar-refractivity contribution in [1.82, 2.24) is 14.9 Å². The Morgan fingerprint density at radius 2 is 2.43 bits per heavy atom. The Bertz CT molecular complexity index is 513. The molecule has 1 aliphatic heterocycles. The number of rotatable bonds is 5. The number of nitrogens with two attached hydrogens (primary N) is 1. The lowest BCUT2D eigenvalue weighted by Gasteiger charge is -2.34. The molecule has 0 radical (unpaired) electrons. The van der Waals surface area contributed by atoms with Gasteiger partial charge in [-0.05, 0) is 25.3 Å². The monoisotopic (exact) mass is 290 g/mol. The first-order valence-electron chi connectivity index (χ1n) is 7.21. The van der Waals surface area contributed by atoms with Crippen LogP contribution in [0.4, 0.5) is 11.8 Å². The van der Waals surface area contributed by atoms with Crippen LogP contribution in [0.3, 0.4) is 0 Å². The lowest BCUT2D eigenvalue weighted by molar-refractivity contribution is 0.142. The fraction of sp³-hybridized carbons (Fsp3) is 0.643. The smallest absolute Gasteiger partial charge is 0.227 e. The quantitative estimate of drug-likeness (QED) is 0.791. The minimum absolute atomic E-state index is 0.206. The molecule has 1 aliphatic rings. The molecule has 1 fully saturated rings. The number of anilines is 2. The number of piperidine rings is 1. The average molecular weight is 290 g/mol. The van der Waals surface area contributed by atoms with Crippen LogP contribution in [0, 0.1) is 17.2 Å². The standard InChI is InChI=1S/C14H22N6O/c1-19(14-17-8-12(7-15)13(16)18-14)9-11-3-2-4-20(10-11)5-6-21/h8,11,21H,2-6,9-10H2,1H3,(H2,16,17,18)/t11-/m0/s1. The van der Waals surface area contributed by atoms with E-state index in [0.717, 1.165) is 39.0 Å². The van der Waals surface area contributed by atoms with Crippen molar-refractivity contribution >= 4 is 11.8 Å². The number of aromatic nitrogens is 2. The van der Waals surface area contributed by atoms with Gasteiger partial charge in [-0.25, -0.2) is 4.98 Å². The van der Waals surface area contributed by atoms with Gasteiger partial charge < -0.3 is 20.6 Å². The van der Waals surface area contributed by atoms with Crippen LogP contribution in [-0.2, 0) is 0 Å². The highest BCUT2D eigenvalue weighted by molar-refractivity contribution is 5.50. The molecular formula is C14H22N6O. The highest BCUT2D eigenvalue weighted by atomic mass is 16.3. The molecule has 0 aliphatic carbocycles. The average Bonchev–Trinajstić information content (AvgIpc) is 2.48. The Kier molecular flexibility index (Phi) is 5.31. The minimum atomic E-state index is 0.206. The highest BCUT2D eigenvalue weighted by Crippen LogP contribution is 2.19. The third-order valence-electron chi connectivity index (χ3n) is 3.82. The van der Waals surface area contributed by atoms with E-state index < -0.39 is 0 Å². The van der Waals surface area contributed by atoms with E-state index >= 15 is 0 Å². The number of nitrogens with zero attached hydrogens (tertiary/aromatic N) is 5. The van der Waals surface area contributed by atoms with Crippen molar-refractivity contribution in [2.24, 2.45) is 5.92 Å². The first-order chi connectivity index (χ1) is 10.1. The molecule has 0 amide bonds. The zero-order valence-corrected chi connectivity index (χ0v) is 12.4. The van der Waals surface area contributed by atoms with E-state index in [-0.39, 0.29) is 12.4 Å². The summed E-state index contributed by atoms with van der Waals surface area (Å²) in [6.07, 6.45) is 3.78. The van der Waals surface area contributed by atoms with Gasteiger partial charge in [0.2, 0.25) is 5.95 Å². The first-order valence-corrected chi connectivity index (χ1v) is 7.21. The molecule has 2 rings (SSSR count). The molecular weight excluding hydrogens is 268 g/mol. The maximum absolute atomic E-state index is 9.03. The van der Waals surface area contributed by atoms with Crippen LogP contribution in [0.15, 0.2) is 6.20 Å². The minimum Gasteiger partial charge on any atom is -0.395 e. The molecule has 2 heterocycles. The van der Waals surface area contributed by atoms with Crippen LogP contribution in [-0.4, -0.2) is 59.8 Å². The Labute approximate surface area is 125 Å². The first kappa shape index (κ1) is 15.5. The van der Waals surface area contributed by atoms with E-state index in [1.54, 1.807) is 0 Å². The number of β-amino-alcohol motifs (C(OH)–C–C–N with tert-alkyl or cyclic N) is 1. The summed E-state index contributed by atoms with van der Waals surface area (Å²) in [5, 5.41) is 17.9. The van der Waals surface area contributed by atoms with Gasteiger partial charge in [0.1, 0.15) is 17.5 Å². The van der Waals surface area contributed by atoms with Crippen LogP contribution in [0.5, 0.6) is 0 Å². The van der Waals surface area contributed by atoms with Crippen LogP contribution >= 0.6 is 0 Å². The van der Waals surface area contributed by atoms with Gasteiger partial charge in [0, 0.05) is 26.7 Å². The predicted molar refractivity (Wildman–Crippen MR) is 80.7 cm³/mol. The summed E-state index contributed by atoms with van der Waals surface area (Å²) < 4.78 is 0. The van der Waals surface area contributed by atoms with Gasteiger partial charge in [-0.1, -0.05) is 0 Å². The maximum Gasteiger partial charge on any atom is 0.227 e. The maximum atomic E-state index is 9.03. The third-order valence-corrected chi connectivity index (χ3v) is 3.82. The van der Waals surface area contributed by atoms with Crippen molar-refractivity contribution in [2.75, 3.05) is 50.5 Å². The van der Waals surface area contributed by atoms with Crippen LogP contribution in [0.25, 0.3) is 0 Å². The molecule has 21 heavy (non-hydrogen) atoms. The zero-order chi connectivity index (χ0) is 15.2. The fourth-order valence-electron chi connectivity index (χ4n) is 2.77.